The molecule has 0 fully saturated rings. The van der Waals surface area contributed by atoms with Crippen molar-refractivity contribution in [1.29, 1.82) is 0 Å². The molecule has 0 aliphatic carbocycles. The van der Waals surface area contributed by atoms with Crippen LogP contribution in [0.1, 0.15) is 5.69 Å². The lowest BCUT2D eigenvalue weighted by Gasteiger charge is -2.17. The van der Waals surface area contributed by atoms with E-state index in [1.54, 1.807) is 11.7 Å². The predicted molar refractivity (Wildman–Crippen MR) is 101 cm³/mol. The smallest absolute Gasteiger partial charge is 0.258 e. The van der Waals surface area contributed by atoms with Gasteiger partial charge < -0.3 is 15.0 Å². The van der Waals surface area contributed by atoms with Crippen LogP contribution in [-0.4, -0.2) is 18.2 Å². The van der Waals surface area contributed by atoms with Gasteiger partial charge in [0, 0.05) is 35.5 Å². The summed E-state index contributed by atoms with van der Waals surface area (Å²) in [6.45, 7) is 0.489. The van der Waals surface area contributed by atoms with Crippen molar-refractivity contribution in [2.75, 3.05) is 13.7 Å². The van der Waals surface area contributed by atoms with Crippen molar-refractivity contribution in [3.8, 4) is 16.9 Å². The van der Waals surface area contributed by atoms with E-state index in [0.29, 0.717) is 18.4 Å². The highest BCUT2D eigenvalue weighted by Gasteiger charge is 2.16. The number of methoxy groups -OCH3 is 1. The average Bonchev–Trinajstić information content (AvgIpc) is 2.60. The van der Waals surface area contributed by atoms with Crippen LogP contribution < -0.4 is 16.0 Å². The van der Waals surface area contributed by atoms with Crippen LogP contribution in [0.5, 0.6) is 5.75 Å². The molecule has 0 aliphatic heterocycles. The summed E-state index contributed by atoms with van der Waals surface area (Å²) < 4.78 is 7.06. The van der Waals surface area contributed by atoms with E-state index in [1.807, 2.05) is 43.4 Å². The van der Waals surface area contributed by atoms with Crippen LogP contribution in [0, 0.1) is 0 Å². The van der Waals surface area contributed by atoms with Gasteiger partial charge in [-0.2, -0.15) is 0 Å². The van der Waals surface area contributed by atoms with Gasteiger partial charge in [0.2, 0.25) is 0 Å². The molecule has 3 rings (SSSR count). The minimum Gasteiger partial charge on any atom is -0.497 e. The van der Waals surface area contributed by atoms with Gasteiger partial charge in [-0.05, 0) is 30.3 Å². The van der Waals surface area contributed by atoms with Gasteiger partial charge in [0.1, 0.15) is 5.75 Å². The van der Waals surface area contributed by atoms with Gasteiger partial charge in [-0.15, -0.1) is 12.4 Å². The zero-order valence-electron chi connectivity index (χ0n) is 13.8. The minimum atomic E-state index is -0.00853. The van der Waals surface area contributed by atoms with E-state index in [9.17, 15) is 4.79 Å². The summed E-state index contributed by atoms with van der Waals surface area (Å²) in [6.07, 6.45) is 0.642. The Bertz CT molecular complexity index is 905. The van der Waals surface area contributed by atoms with Gasteiger partial charge in [0.05, 0.1) is 7.11 Å². The van der Waals surface area contributed by atoms with Crippen molar-refractivity contribution in [3.05, 3.63) is 64.6 Å². The van der Waals surface area contributed by atoms with E-state index in [2.05, 4.69) is 12.1 Å². The molecule has 0 aliphatic rings. The van der Waals surface area contributed by atoms with Crippen molar-refractivity contribution < 1.29 is 4.74 Å². The summed E-state index contributed by atoms with van der Waals surface area (Å²) in [5.74, 6) is 0.738. The second-order valence-corrected chi connectivity index (χ2v) is 5.50. The van der Waals surface area contributed by atoms with Crippen LogP contribution in [-0.2, 0) is 13.5 Å². The fourth-order valence-corrected chi connectivity index (χ4v) is 3.03. The number of hydrogen-bond donors (Lipinski definition) is 1. The quantitative estimate of drug-likeness (QED) is 0.791. The number of nitrogens with two attached hydrogens (primary N) is 1. The number of fused-ring (bicyclic) bond motifs is 1. The number of aromatic nitrogens is 1. The molecule has 2 N–H and O–H groups in total. The van der Waals surface area contributed by atoms with Crippen LogP contribution in [0.2, 0.25) is 0 Å². The summed E-state index contributed by atoms with van der Waals surface area (Å²) in [5, 5.41) is 1.59. The van der Waals surface area contributed by atoms with Crippen molar-refractivity contribution in [1.82, 2.24) is 4.57 Å². The third kappa shape index (κ3) is 3.03. The summed E-state index contributed by atoms with van der Waals surface area (Å²) in [5.41, 5.74) is 8.85. The van der Waals surface area contributed by atoms with Crippen LogP contribution in [0.3, 0.4) is 0 Å². The molecule has 3 aromatic rings. The lowest BCUT2D eigenvalue weighted by atomic mass is 9.95. The van der Waals surface area contributed by atoms with E-state index in [-0.39, 0.29) is 18.0 Å². The third-order valence-electron chi connectivity index (χ3n) is 4.17. The molecular formula is C19H21ClN2O2. The van der Waals surface area contributed by atoms with Gasteiger partial charge in [-0.25, -0.2) is 0 Å². The third-order valence-corrected chi connectivity index (χ3v) is 4.17. The lowest BCUT2D eigenvalue weighted by Crippen LogP contribution is -2.23. The molecule has 0 radical (unpaired) electrons. The SMILES string of the molecule is COc1ccc2c(=O)n(C)c(CCN)c(-c3ccccc3)c2c1.Cl. The van der Waals surface area contributed by atoms with E-state index in [1.165, 1.54) is 0 Å². The first kappa shape index (κ1) is 18.0. The first-order valence-electron chi connectivity index (χ1n) is 7.62. The Balaban J connectivity index is 0.00000208. The van der Waals surface area contributed by atoms with Crippen LogP contribution >= 0.6 is 12.4 Å². The number of hydrogen-bond acceptors (Lipinski definition) is 3. The average molecular weight is 345 g/mol. The number of pyridine rings is 1. The summed E-state index contributed by atoms with van der Waals surface area (Å²) in [4.78, 5) is 12.7. The Labute approximate surface area is 147 Å². The molecule has 0 saturated carbocycles. The molecule has 1 heterocycles. The lowest BCUT2D eigenvalue weighted by molar-refractivity contribution is 0.415. The molecule has 1 aromatic heterocycles. The van der Waals surface area contributed by atoms with Gasteiger partial charge in [-0.3, -0.25) is 4.79 Å². The maximum Gasteiger partial charge on any atom is 0.258 e. The summed E-state index contributed by atoms with van der Waals surface area (Å²) in [6, 6.07) is 15.7. The number of benzene rings is 2. The molecule has 0 amide bonds. The van der Waals surface area contributed by atoms with Gasteiger partial charge in [-0.1, -0.05) is 30.3 Å². The highest BCUT2D eigenvalue weighted by atomic mass is 35.5. The first-order chi connectivity index (χ1) is 11.2. The van der Waals surface area contributed by atoms with E-state index in [0.717, 1.165) is 28.0 Å². The van der Waals surface area contributed by atoms with Crippen molar-refractivity contribution in [2.45, 2.75) is 6.42 Å². The molecule has 0 spiro atoms. The molecule has 0 saturated heterocycles. The molecule has 0 bridgehead atoms. The van der Waals surface area contributed by atoms with Crippen LogP contribution in [0.25, 0.3) is 21.9 Å². The topological polar surface area (TPSA) is 57.2 Å². The van der Waals surface area contributed by atoms with Crippen LogP contribution in [0.4, 0.5) is 0 Å². The summed E-state index contributed by atoms with van der Waals surface area (Å²) in [7, 11) is 3.44. The minimum absolute atomic E-state index is 0. The Morgan fingerprint density at radius 3 is 2.42 bits per heavy atom. The van der Waals surface area contributed by atoms with Gasteiger partial charge in [0.25, 0.3) is 5.56 Å². The number of ether oxygens (including phenoxy) is 1. The zero-order chi connectivity index (χ0) is 16.4. The Morgan fingerprint density at radius 1 is 1.08 bits per heavy atom. The van der Waals surface area contributed by atoms with Crippen molar-refractivity contribution in [3.63, 3.8) is 0 Å². The largest absolute Gasteiger partial charge is 0.497 e. The zero-order valence-corrected chi connectivity index (χ0v) is 14.6. The second-order valence-electron chi connectivity index (χ2n) is 5.50. The molecule has 0 atom stereocenters. The van der Waals surface area contributed by atoms with E-state index < -0.39 is 0 Å². The molecule has 126 valence electrons. The highest BCUT2D eigenvalue weighted by molar-refractivity contribution is 5.98. The maximum atomic E-state index is 12.7. The number of rotatable bonds is 4. The van der Waals surface area contributed by atoms with Gasteiger partial charge >= 0.3 is 0 Å². The van der Waals surface area contributed by atoms with Crippen LogP contribution in [0.15, 0.2) is 53.3 Å². The molecular weight excluding hydrogens is 324 g/mol. The molecule has 24 heavy (non-hydrogen) atoms. The molecule has 0 unspecified atom stereocenters. The fourth-order valence-electron chi connectivity index (χ4n) is 3.03. The molecule has 2 aromatic carbocycles. The Hall–Kier alpha value is -2.30. The molecule has 4 nitrogen and oxygen atoms in total. The fraction of sp³-hybridized carbons (Fsp3) is 0.211. The van der Waals surface area contributed by atoms with E-state index >= 15 is 0 Å². The van der Waals surface area contributed by atoms with E-state index in [4.69, 9.17) is 10.5 Å². The standard InChI is InChI=1S/C19H20N2O2.ClH/c1-21-17(10-11-20)18(13-6-4-3-5-7-13)16-12-14(23-2)8-9-15(16)19(21)22;/h3-9,12H,10-11,20H2,1-2H3;1H. The predicted octanol–water partition coefficient (Wildman–Crippen LogP) is 3.14. The second kappa shape index (κ2) is 7.51. The van der Waals surface area contributed by atoms with Gasteiger partial charge in [0.15, 0.2) is 0 Å². The van der Waals surface area contributed by atoms with Crippen molar-refractivity contribution >= 4 is 23.2 Å². The monoisotopic (exact) mass is 344 g/mol. The first-order valence-corrected chi connectivity index (χ1v) is 7.62. The number of halogens is 1. The highest BCUT2D eigenvalue weighted by Crippen LogP contribution is 2.32. The normalized spacial score (nSPS) is 10.5. The number of nitrogens with zero attached hydrogens (tertiary/aromatic N) is 1. The van der Waals surface area contributed by atoms with Crippen molar-refractivity contribution in [2.24, 2.45) is 12.8 Å². The molecule has 5 heteroatoms. The Morgan fingerprint density at radius 2 is 1.79 bits per heavy atom. The maximum absolute atomic E-state index is 12.7. The summed E-state index contributed by atoms with van der Waals surface area (Å²) >= 11 is 0. The Kier molecular flexibility index (Phi) is 5.65.